The molecular formula is C26H33Cl2N3O2. The van der Waals surface area contributed by atoms with Gasteiger partial charge in [-0.2, -0.15) is 0 Å². The van der Waals surface area contributed by atoms with Gasteiger partial charge in [-0.05, 0) is 79.9 Å². The van der Waals surface area contributed by atoms with Crippen molar-refractivity contribution in [1.29, 1.82) is 0 Å². The van der Waals surface area contributed by atoms with Crippen molar-refractivity contribution in [3.63, 3.8) is 0 Å². The van der Waals surface area contributed by atoms with Gasteiger partial charge in [0, 0.05) is 24.5 Å². The molecule has 33 heavy (non-hydrogen) atoms. The van der Waals surface area contributed by atoms with Crippen LogP contribution in [-0.4, -0.2) is 36.0 Å². The Bertz CT molecular complexity index is 1010. The van der Waals surface area contributed by atoms with Gasteiger partial charge in [0.1, 0.15) is 0 Å². The second-order valence-corrected chi connectivity index (χ2v) is 11.8. The minimum Gasteiger partial charge on any atom is -0.338 e. The van der Waals surface area contributed by atoms with Crippen molar-refractivity contribution in [2.45, 2.75) is 64.5 Å². The van der Waals surface area contributed by atoms with E-state index in [9.17, 15) is 9.59 Å². The van der Waals surface area contributed by atoms with Crippen molar-refractivity contribution in [3.8, 4) is 0 Å². The van der Waals surface area contributed by atoms with Crippen LogP contribution in [0.25, 0.3) is 0 Å². The minimum absolute atomic E-state index is 0.0408. The predicted molar refractivity (Wildman–Crippen MR) is 132 cm³/mol. The van der Waals surface area contributed by atoms with E-state index in [-0.39, 0.29) is 28.8 Å². The number of carbonyl (C=O) groups is 2. The number of hydrogen-bond donors (Lipinski definition) is 2. The van der Waals surface area contributed by atoms with Crippen LogP contribution in [0.3, 0.4) is 0 Å². The van der Waals surface area contributed by atoms with E-state index in [1.54, 1.807) is 24.3 Å². The van der Waals surface area contributed by atoms with E-state index in [0.717, 1.165) is 38.5 Å². The molecule has 7 atom stereocenters. The molecule has 2 N–H and O–H groups in total. The van der Waals surface area contributed by atoms with Crippen LogP contribution in [0.1, 0.15) is 52.4 Å². The molecule has 1 aromatic rings. The van der Waals surface area contributed by atoms with Crippen LogP contribution in [0.4, 0.5) is 10.5 Å². The number of carbonyl (C=O) groups excluding carboxylic acids is 2. The highest BCUT2D eigenvalue weighted by Gasteiger charge is 2.60. The number of likely N-dealkylation sites (N-methyl/N-ethyl adjacent to an activating group) is 1. The van der Waals surface area contributed by atoms with E-state index in [1.807, 2.05) is 11.9 Å². The molecule has 3 aliphatic carbocycles. The maximum absolute atomic E-state index is 12.9. The average Bonchev–Trinajstić information content (AvgIpc) is 3.10. The molecule has 3 saturated carbocycles. The van der Waals surface area contributed by atoms with E-state index in [1.165, 1.54) is 0 Å². The summed E-state index contributed by atoms with van der Waals surface area (Å²) in [6, 6.07) is 5.45. The Hall–Kier alpha value is -1.72. The smallest absolute Gasteiger partial charge is 0.319 e. The minimum atomic E-state index is -0.223. The first kappa shape index (κ1) is 23.0. The zero-order chi connectivity index (χ0) is 23.5. The lowest BCUT2D eigenvalue weighted by molar-refractivity contribution is -0.138. The number of benzene rings is 1. The van der Waals surface area contributed by atoms with Crippen LogP contribution in [0.15, 0.2) is 30.4 Å². The number of fused-ring (bicyclic) bond motifs is 5. The first-order valence-corrected chi connectivity index (χ1v) is 12.9. The fourth-order valence-electron chi connectivity index (χ4n) is 7.89. The van der Waals surface area contributed by atoms with Gasteiger partial charge >= 0.3 is 6.03 Å². The fraction of sp³-hybridized carbons (Fsp3) is 0.615. The third-order valence-electron chi connectivity index (χ3n) is 9.63. The van der Waals surface area contributed by atoms with Crippen molar-refractivity contribution in [1.82, 2.24) is 10.2 Å². The Kier molecular flexibility index (Phi) is 5.72. The molecule has 1 heterocycles. The third kappa shape index (κ3) is 3.58. The standard InChI is InChI=1S/C26H33Cl2N3O2/c1-25-13-11-17-15(7-10-21-26(17,2)14-12-22(32)31(21)3)16(25)8-9-20(25)30-24(33)29-19-6-4-5-18(27)23(19)28/h4-6,12,14-17,20-21H,7-11,13H2,1-3H3,(H2,29,30,33)/t15?,16?,17?,20-,21+,25-,26+/m0/s1. The molecule has 3 amide bonds. The molecule has 0 bridgehead atoms. The topological polar surface area (TPSA) is 61.4 Å². The number of amides is 3. The Morgan fingerprint density at radius 3 is 2.67 bits per heavy atom. The lowest BCUT2D eigenvalue weighted by atomic mass is 9.48. The molecule has 5 nitrogen and oxygen atoms in total. The second kappa shape index (κ2) is 8.20. The summed E-state index contributed by atoms with van der Waals surface area (Å²) in [7, 11) is 1.96. The van der Waals surface area contributed by atoms with Crippen LogP contribution >= 0.6 is 23.2 Å². The molecule has 3 unspecified atom stereocenters. The largest absolute Gasteiger partial charge is 0.338 e. The van der Waals surface area contributed by atoms with Crippen molar-refractivity contribution in [3.05, 3.63) is 40.4 Å². The Morgan fingerprint density at radius 2 is 1.88 bits per heavy atom. The summed E-state index contributed by atoms with van der Waals surface area (Å²) >= 11 is 12.3. The summed E-state index contributed by atoms with van der Waals surface area (Å²) in [4.78, 5) is 27.1. The molecular weight excluding hydrogens is 457 g/mol. The van der Waals surface area contributed by atoms with Gasteiger partial charge in [-0.25, -0.2) is 4.79 Å². The molecule has 0 aromatic heterocycles. The average molecular weight is 490 g/mol. The van der Waals surface area contributed by atoms with E-state index < -0.39 is 0 Å². The zero-order valence-electron chi connectivity index (χ0n) is 19.5. The molecule has 4 aliphatic rings. The number of anilines is 1. The highest BCUT2D eigenvalue weighted by Crippen LogP contribution is 2.63. The van der Waals surface area contributed by atoms with Gasteiger partial charge < -0.3 is 15.5 Å². The van der Waals surface area contributed by atoms with Gasteiger partial charge in [0.2, 0.25) is 5.91 Å². The molecule has 1 aromatic carbocycles. The highest BCUT2D eigenvalue weighted by molar-refractivity contribution is 6.43. The predicted octanol–water partition coefficient (Wildman–Crippen LogP) is 6.12. The zero-order valence-corrected chi connectivity index (χ0v) is 21.0. The molecule has 7 heteroatoms. The van der Waals surface area contributed by atoms with Gasteiger partial charge in [-0.3, -0.25) is 4.79 Å². The summed E-state index contributed by atoms with van der Waals surface area (Å²) in [6.07, 6.45) is 10.6. The van der Waals surface area contributed by atoms with Crippen LogP contribution in [0.5, 0.6) is 0 Å². The Labute approximate surface area is 206 Å². The summed E-state index contributed by atoms with van der Waals surface area (Å²) in [5, 5.41) is 6.94. The summed E-state index contributed by atoms with van der Waals surface area (Å²) in [6.45, 7) is 4.74. The monoisotopic (exact) mass is 489 g/mol. The second-order valence-electron chi connectivity index (χ2n) is 11.0. The first-order chi connectivity index (χ1) is 15.6. The van der Waals surface area contributed by atoms with Crippen LogP contribution < -0.4 is 10.6 Å². The number of nitrogens with one attached hydrogen (secondary N) is 2. The van der Waals surface area contributed by atoms with E-state index in [4.69, 9.17) is 23.2 Å². The van der Waals surface area contributed by atoms with Crippen LogP contribution in [0, 0.1) is 28.6 Å². The van der Waals surface area contributed by atoms with Crippen molar-refractivity contribution < 1.29 is 9.59 Å². The Morgan fingerprint density at radius 1 is 1.09 bits per heavy atom. The molecule has 0 spiro atoms. The molecule has 0 saturated heterocycles. The van der Waals surface area contributed by atoms with Gasteiger partial charge in [0.15, 0.2) is 0 Å². The molecule has 5 rings (SSSR count). The normalized spacial score (nSPS) is 39.5. The first-order valence-electron chi connectivity index (χ1n) is 12.1. The van der Waals surface area contributed by atoms with E-state index in [0.29, 0.717) is 39.5 Å². The summed E-state index contributed by atoms with van der Waals surface area (Å²) in [5.41, 5.74) is 0.651. The number of nitrogens with zero attached hydrogens (tertiary/aromatic N) is 1. The quantitative estimate of drug-likeness (QED) is 0.525. The third-order valence-corrected chi connectivity index (χ3v) is 10.5. The fourth-order valence-corrected chi connectivity index (χ4v) is 8.24. The highest BCUT2D eigenvalue weighted by atomic mass is 35.5. The molecule has 178 valence electrons. The van der Waals surface area contributed by atoms with Crippen molar-refractivity contribution in [2.24, 2.45) is 28.6 Å². The molecule has 0 radical (unpaired) electrons. The van der Waals surface area contributed by atoms with Crippen molar-refractivity contribution in [2.75, 3.05) is 12.4 Å². The lowest BCUT2D eigenvalue weighted by Gasteiger charge is -2.60. The Balaban J connectivity index is 1.32. The number of halogens is 2. The summed E-state index contributed by atoms with van der Waals surface area (Å²) in [5.74, 6) is 1.94. The van der Waals surface area contributed by atoms with Crippen LogP contribution in [-0.2, 0) is 4.79 Å². The molecule has 3 fully saturated rings. The van der Waals surface area contributed by atoms with Gasteiger partial charge in [-0.15, -0.1) is 0 Å². The SMILES string of the molecule is CN1C(=O)C=C[C@]2(C)C3CC[C@@]4(C)C(CC[C@@H]4NC(=O)Nc4cccc(Cl)c4Cl)C3CC[C@@H]12. The van der Waals surface area contributed by atoms with E-state index >= 15 is 0 Å². The van der Waals surface area contributed by atoms with Gasteiger partial charge in [-0.1, -0.05) is 49.2 Å². The van der Waals surface area contributed by atoms with Gasteiger partial charge in [0.05, 0.1) is 15.7 Å². The number of hydrogen-bond acceptors (Lipinski definition) is 2. The molecule has 1 aliphatic heterocycles. The number of rotatable bonds is 2. The maximum atomic E-state index is 12.9. The van der Waals surface area contributed by atoms with E-state index in [2.05, 4.69) is 30.6 Å². The number of urea groups is 1. The maximum Gasteiger partial charge on any atom is 0.319 e. The van der Waals surface area contributed by atoms with Crippen molar-refractivity contribution >= 4 is 40.8 Å². The van der Waals surface area contributed by atoms with Gasteiger partial charge in [0.25, 0.3) is 0 Å². The lowest BCUT2D eigenvalue weighted by Crippen LogP contribution is -2.60. The van der Waals surface area contributed by atoms with Crippen LogP contribution in [0.2, 0.25) is 10.0 Å². The summed E-state index contributed by atoms with van der Waals surface area (Å²) < 4.78 is 0.